The van der Waals surface area contributed by atoms with Crippen molar-refractivity contribution >= 4 is 50.3 Å². The van der Waals surface area contributed by atoms with E-state index in [1.165, 1.54) is 55.9 Å². The lowest BCUT2D eigenvalue weighted by molar-refractivity contribution is -0.153. The van der Waals surface area contributed by atoms with Gasteiger partial charge in [0.05, 0.1) is 16.8 Å². The number of fused-ring (bicyclic) bond motifs is 1. The molecular weight excluding hydrogens is 474 g/mol. The Morgan fingerprint density at radius 3 is 2.64 bits per heavy atom. The molecule has 3 rings (SSSR count). The third kappa shape index (κ3) is 5.62. The molecule has 0 saturated heterocycles. The zero-order valence-electron chi connectivity index (χ0n) is 18.1. The van der Waals surface area contributed by atoms with Crippen LogP contribution < -0.4 is 11.1 Å². The summed E-state index contributed by atoms with van der Waals surface area (Å²) >= 11 is 5.88. The smallest absolute Gasteiger partial charge is 0.419 e. The number of aromatic nitrogens is 1. The van der Waals surface area contributed by atoms with Gasteiger partial charge in [0.1, 0.15) is 0 Å². The lowest BCUT2D eigenvalue weighted by atomic mass is 10.3. The van der Waals surface area contributed by atoms with Gasteiger partial charge in [-0.3, -0.25) is 14.2 Å². The minimum Gasteiger partial charge on any atom is -0.452 e. The van der Waals surface area contributed by atoms with E-state index in [4.69, 9.17) is 20.8 Å². The van der Waals surface area contributed by atoms with Crippen molar-refractivity contribution in [1.82, 2.24) is 8.87 Å². The number of nitrogens with zero attached hydrogens (tertiary/aromatic N) is 2. The predicted molar refractivity (Wildman–Crippen MR) is 122 cm³/mol. The third-order valence-electron chi connectivity index (χ3n) is 4.73. The number of nitrogens with one attached hydrogen (secondary N) is 1. The van der Waals surface area contributed by atoms with Crippen molar-refractivity contribution in [2.45, 2.75) is 30.9 Å². The molecule has 1 N–H and O–H groups in total. The summed E-state index contributed by atoms with van der Waals surface area (Å²) in [5.74, 6) is -1.97. The van der Waals surface area contributed by atoms with E-state index in [0.29, 0.717) is 16.1 Å². The fourth-order valence-electron chi connectivity index (χ4n) is 2.95. The minimum absolute atomic E-state index is 0.00835. The fraction of sp³-hybridized carbons (Fsp3) is 0.286. The normalized spacial score (nSPS) is 12.6. The maximum Gasteiger partial charge on any atom is 0.419 e. The number of aryl methyl sites for hydroxylation is 1. The van der Waals surface area contributed by atoms with Crippen LogP contribution in [-0.2, 0) is 30.9 Å². The monoisotopic (exact) mass is 495 g/mol. The van der Waals surface area contributed by atoms with E-state index in [1.807, 2.05) is 0 Å². The number of rotatable bonds is 8. The van der Waals surface area contributed by atoms with Crippen molar-refractivity contribution in [3.8, 4) is 0 Å². The highest BCUT2D eigenvalue weighted by molar-refractivity contribution is 7.89. The van der Waals surface area contributed by atoms with Crippen LogP contribution in [0.25, 0.3) is 11.1 Å². The highest BCUT2D eigenvalue weighted by Crippen LogP contribution is 2.20. The van der Waals surface area contributed by atoms with Crippen molar-refractivity contribution in [1.29, 1.82) is 0 Å². The van der Waals surface area contributed by atoms with Gasteiger partial charge in [0.25, 0.3) is 5.91 Å². The number of hydrogen-bond donors (Lipinski definition) is 1. The standard InChI is InChI=1S/C21H22ClN3O7S/c1-13(20(27)23-15-5-4-6-16(12-15)33(29,30)24(2)3)31-19(26)9-10-25-17-8-7-14(22)11-18(17)32-21(25)28/h4-8,11-13H,9-10H2,1-3H3,(H,23,27). The number of ether oxygens (including phenoxy) is 1. The molecule has 1 unspecified atom stereocenters. The summed E-state index contributed by atoms with van der Waals surface area (Å²) in [6.45, 7) is 1.38. The van der Waals surface area contributed by atoms with Crippen LogP contribution in [0.2, 0.25) is 5.02 Å². The average molecular weight is 496 g/mol. The molecule has 1 aromatic heterocycles. The Bertz CT molecular complexity index is 1360. The van der Waals surface area contributed by atoms with Gasteiger partial charge in [0.15, 0.2) is 11.7 Å². The van der Waals surface area contributed by atoms with Crippen LogP contribution in [0.1, 0.15) is 13.3 Å². The first-order valence-corrected chi connectivity index (χ1v) is 11.6. The van der Waals surface area contributed by atoms with Crippen LogP contribution in [-0.4, -0.2) is 49.4 Å². The van der Waals surface area contributed by atoms with Gasteiger partial charge in [-0.2, -0.15) is 0 Å². The van der Waals surface area contributed by atoms with Crippen molar-refractivity contribution in [3.63, 3.8) is 0 Å². The Labute approximate surface area is 194 Å². The zero-order chi connectivity index (χ0) is 24.3. The predicted octanol–water partition coefficient (Wildman–Crippen LogP) is 2.46. The number of amides is 1. The summed E-state index contributed by atoms with van der Waals surface area (Å²) in [7, 11) is -0.870. The molecule has 2 aromatic carbocycles. The molecule has 0 bridgehead atoms. The molecular formula is C21H22ClN3O7S. The van der Waals surface area contributed by atoms with Gasteiger partial charge in [-0.15, -0.1) is 0 Å². The minimum atomic E-state index is -3.67. The van der Waals surface area contributed by atoms with Crippen LogP contribution in [0.15, 0.2) is 56.6 Å². The van der Waals surface area contributed by atoms with Crippen molar-refractivity contribution in [2.75, 3.05) is 19.4 Å². The highest BCUT2D eigenvalue weighted by atomic mass is 35.5. The summed E-state index contributed by atoms with van der Waals surface area (Å²) in [6, 6.07) is 10.4. The summed E-state index contributed by atoms with van der Waals surface area (Å²) < 4.78 is 37.1. The molecule has 0 spiro atoms. The van der Waals surface area contributed by atoms with E-state index in [9.17, 15) is 22.8 Å². The molecule has 10 nitrogen and oxygen atoms in total. The summed E-state index contributed by atoms with van der Waals surface area (Å²) in [6.07, 6.45) is -1.33. The first kappa shape index (κ1) is 24.5. The Hall–Kier alpha value is -3.15. The van der Waals surface area contributed by atoms with E-state index in [1.54, 1.807) is 12.1 Å². The molecule has 33 heavy (non-hydrogen) atoms. The number of anilines is 1. The molecule has 0 radical (unpaired) electrons. The third-order valence-corrected chi connectivity index (χ3v) is 6.77. The van der Waals surface area contributed by atoms with Gasteiger partial charge in [-0.05, 0) is 37.3 Å². The van der Waals surface area contributed by atoms with Crippen LogP contribution in [0.5, 0.6) is 0 Å². The number of benzene rings is 2. The largest absolute Gasteiger partial charge is 0.452 e. The van der Waals surface area contributed by atoms with Crippen molar-refractivity contribution in [3.05, 3.63) is 58.0 Å². The van der Waals surface area contributed by atoms with Gasteiger partial charge in [0, 0.05) is 37.4 Å². The highest BCUT2D eigenvalue weighted by Gasteiger charge is 2.21. The SMILES string of the molecule is CC(OC(=O)CCn1c(=O)oc2cc(Cl)ccc21)C(=O)Nc1cccc(S(=O)(=O)N(C)C)c1. The number of esters is 1. The molecule has 12 heteroatoms. The van der Waals surface area contributed by atoms with Crippen LogP contribution in [0, 0.1) is 0 Å². The molecule has 1 amide bonds. The Morgan fingerprint density at radius 1 is 1.21 bits per heavy atom. The fourth-order valence-corrected chi connectivity index (χ4v) is 4.06. The molecule has 0 fully saturated rings. The van der Waals surface area contributed by atoms with E-state index >= 15 is 0 Å². The van der Waals surface area contributed by atoms with Crippen molar-refractivity contribution < 1.29 is 27.2 Å². The summed E-state index contributed by atoms with van der Waals surface area (Å²) in [5, 5.41) is 2.93. The molecule has 3 aromatic rings. The van der Waals surface area contributed by atoms with Gasteiger partial charge >= 0.3 is 11.7 Å². The van der Waals surface area contributed by atoms with E-state index < -0.39 is 33.8 Å². The summed E-state index contributed by atoms with van der Waals surface area (Å²) in [5.41, 5.74) is 1.02. The molecule has 0 aliphatic heterocycles. The lowest BCUT2D eigenvalue weighted by Gasteiger charge is -2.15. The molecule has 176 valence electrons. The molecule has 0 aliphatic rings. The first-order valence-electron chi connectivity index (χ1n) is 9.81. The number of hydrogen-bond acceptors (Lipinski definition) is 7. The Balaban J connectivity index is 1.60. The van der Waals surface area contributed by atoms with E-state index in [0.717, 1.165) is 4.31 Å². The number of oxazole rings is 1. The van der Waals surface area contributed by atoms with Crippen LogP contribution in [0.3, 0.4) is 0 Å². The second kappa shape index (κ2) is 9.77. The number of carbonyl (C=O) groups is 2. The first-order chi connectivity index (χ1) is 15.5. The average Bonchev–Trinajstić information content (AvgIpc) is 3.06. The molecule has 0 saturated carbocycles. The maximum absolute atomic E-state index is 12.4. The maximum atomic E-state index is 12.4. The topological polar surface area (TPSA) is 128 Å². The quantitative estimate of drug-likeness (QED) is 0.475. The summed E-state index contributed by atoms with van der Waals surface area (Å²) in [4.78, 5) is 36.7. The zero-order valence-corrected chi connectivity index (χ0v) is 19.6. The lowest BCUT2D eigenvalue weighted by Crippen LogP contribution is -2.30. The van der Waals surface area contributed by atoms with Crippen LogP contribution in [0.4, 0.5) is 5.69 Å². The van der Waals surface area contributed by atoms with E-state index in [2.05, 4.69) is 5.32 Å². The van der Waals surface area contributed by atoms with Gasteiger partial charge in [-0.25, -0.2) is 17.5 Å². The molecule has 1 heterocycles. The van der Waals surface area contributed by atoms with Gasteiger partial charge in [-0.1, -0.05) is 17.7 Å². The second-order valence-corrected chi connectivity index (χ2v) is 9.91. The molecule has 0 aliphatic carbocycles. The van der Waals surface area contributed by atoms with Crippen LogP contribution >= 0.6 is 11.6 Å². The second-order valence-electron chi connectivity index (χ2n) is 7.32. The molecule has 1 atom stereocenters. The van der Waals surface area contributed by atoms with Gasteiger partial charge in [0.2, 0.25) is 10.0 Å². The number of sulfonamides is 1. The number of halogens is 1. The van der Waals surface area contributed by atoms with E-state index in [-0.39, 0.29) is 23.5 Å². The Kier molecular flexibility index (Phi) is 7.25. The van der Waals surface area contributed by atoms with Gasteiger partial charge < -0.3 is 14.5 Å². The number of carbonyl (C=O) groups excluding carboxylic acids is 2. The van der Waals surface area contributed by atoms with Crippen molar-refractivity contribution in [2.24, 2.45) is 0 Å². The Morgan fingerprint density at radius 2 is 1.94 bits per heavy atom.